The van der Waals surface area contributed by atoms with Crippen molar-refractivity contribution in [3.63, 3.8) is 0 Å². The summed E-state index contributed by atoms with van der Waals surface area (Å²) in [5.74, 6) is -0.583. The molecule has 0 aromatic heterocycles. The Morgan fingerprint density at radius 2 is 1.81 bits per heavy atom. The third-order valence-corrected chi connectivity index (χ3v) is 5.50. The first-order valence-corrected chi connectivity index (χ1v) is 9.38. The van der Waals surface area contributed by atoms with Gasteiger partial charge in [-0.2, -0.15) is 16.5 Å². The Kier molecular flexibility index (Phi) is 6.24. The first-order valence-electron chi connectivity index (χ1n) is 6.51. The molecule has 0 saturated carbocycles. The number of sulfonamides is 1. The van der Waals surface area contributed by atoms with E-state index in [0.717, 1.165) is 5.56 Å². The van der Waals surface area contributed by atoms with Crippen molar-refractivity contribution in [2.45, 2.75) is 38.1 Å². The summed E-state index contributed by atoms with van der Waals surface area (Å²) in [6.07, 6.45) is 2.10. The largest absolute Gasteiger partial charge is 0.480 e. The van der Waals surface area contributed by atoms with E-state index in [1.807, 2.05) is 13.2 Å². The average Bonchev–Trinajstić information content (AvgIpc) is 2.32. The molecule has 0 amide bonds. The van der Waals surface area contributed by atoms with E-state index in [9.17, 15) is 13.2 Å². The van der Waals surface area contributed by atoms with Gasteiger partial charge < -0.3 is 5.11 Å². The molecule has 0 spiro atoms. The lowest BCUT2D eigenvalue weighted by molar-refractivity contribution is -0.139. The lowest BCUT2D eigenvalue weighted by atomic mass is 10.1. The number of carboxylic acid groups (broad SMARTS) is 1. The van der Waals surface area contributed by atoms with Gasteiger partial charge >= 0.3 is 5.97 Å². The van der Waals surface area contributed by atoms with E-state index in [0.29, 0.717) is 16.9 Å². The molecule has 0 aliphatic rings. The Labute approximate surface area is 130 Å². The number of carbonyl (C=O) groups is 1. The molecular weight excluding hydrogens is 310 g/mol. The van der Waals surface area contributed by atoms with Crippen LogP contribution in [0.25, 0.3) is 0 Å². The van der Waals surface area contributed by atoms with Crippen LogP contribution in [-0.2, 0) is 14.8 Å². The standard InChI is InChI=1S/C14H21NO4S2/c1-9-7-10(2)13(11(3)8-9)21(18,19)15-12(14(16)17)5-6-20-4/h7-8,12,15H,5-6H2,1-4H3,(H,16,17). The number of rotatable bonds is 7. The number of aryl methyl sites for hydroxylation is 3. The van der Waals surface area contributed by atoms with Crippen molar-refractivity contribution in [3.05, 3.63) is 28.8 Å². The number of aliphatic carboxylic acids is 1. The van der Waals surface area contributed by atoms with Gasteiger partial charge in [-0.15, -0.1) is 0 Å². The minimum atomic E-state index is -3.85. The summed E-state index contributed by atoms with van der Waals surface area (Å²) in [6, 6.07) is 2.45. The van der Waals surface area contributed by atoms with Crippen molar-refractivity contribution in [2.24, 2.45) is 0 Å². The highest BCUT2D eigenvalue weighted by molar-refractivity contribution is 7.98. The SMILES string of the molecule is CSCCC(NS(=O)(=O)c1c(C)cc(C)cc1C)C(=O)O. The molecule has 118 valence electrons. The summed E-state index contributed by atoms with van der Waals surface area (Å²) < 4.78 is 27.3. The fourth-order valence-electron chi connectivity index (χ4n) is 2.31. The number of thioether (sulfide) groups is 1. The third-order valence-electron chi connectivity index (χ3n) is 3.08. The molecule has 1 unspecified atom stereocenters. The summed E-state index contributed by atoms with van der Waals surface area (Å²) in [5, 5.41) is 9.16. The smallest absolute Gasteiger partial charge is 0.321 e. The Balaban J connectivity index is 3.14. The van der Waals surface area contributed by atoms with Gasteiger partial charge in [0.15, 0.2) is 0 Å². The van der Waals surface area contributed by atoms with Crippen LogP contribution in [-0.4, -0.2) is 37.5 Å². The van der Waals surface area contributed by atoms with E-state index in [1.54, 1.807) is 26.0 Å². The van der Waals surface area contributed by atoms with E-state index in [1.165, 1.54) is 11.8 Å². The molecule has 0 fully saturated rings. The van der Waals surface area contributed by atoms with Gasteiger partial charge in [0.1, 0.15) is 6.04 Å². The topological polar surface area (TPSA) is 83.5 Å². The number of hydrogen-bond donors (Lipinski definition) is 2. The lowest BCUT2D eigenvalue weighted by Crippen LogP contribution is -2.41. The molecule has 5 nitrogen and oxygen atoms in total. The molecule has 7 heteroatoms. The Hall–Kier alpha value is -1.05. The highest BCUT2D eigenvalue weighted by Crippen LogP contribution is 2.22. The second-order valence-electron chi connectivity index (χ2n) is 5.02. The lowest BCUT2D eigenvalue weighted by Gasteiger charge is -2.17. The second-order valence-corrected chi connectivity index (χ2v) is 7.66. The summed E-state index contributed by atoms with van der Waals surface area (Å²) in [6.45, 7) is 5.32. The van der Waals surface area contributed by atoms with Gasteiger partial charge in [0, 0.05) is 0 Å². The zero-order chi connectivity index (χ0) is 16.2. The van der Waals surface area contributed by atoms with Crippen LogP contribution >= 0.6 is 11.8 Å². The van der Waals surface area contributed by atoms with Gasteiger partial charge in [0.2, 0.25) is 10.0 Å². The van der Waals surface area contributed by atoms with Crippen molar-refractivity contribution in [1.82, 2.24) is 4.72 Å². The van der Waals surface area contributed by atoms with E-state index >= 15 is 0 Å². The molecular formula is C14H21NO4S2. The van der Waals surface area contributed by atoms with Crippen molar-refractivity contribution in [2.75, 3.05) is 12.0 Å². The first kappa shape index (κ1) is 18.0. The van der Waals surface area contributed by atoms with E-state index in [4.69, 9.17) is 5.11 Å². The van der Waals surface area contributed by atoms with Crippen molar-refractivity contribution in [1.29, 1.82) is 0 Å². The van der Waals surface area contributed by atoms with Crippen LogP contribution in [0.5, 0.6) is 0 Å². The summed E-state index contributed by atoms with van der Waals surface area (Å²) in [5.41, 5.74) is 2.21. The van der Waals surface area contributed by atoms with Gasteiger partial charge in [0.25, 0.3) is 0 Å². The number of nitrogens with one attached hydrogen (secondary N) is 1. The monoisotopic (exact) mass is 331 g/mol. The van der Waals surface area contributed by atoms with Crippen LogP contribution in [0.4, 0.5) is 0 Å². The molecule has 0 saturated heterocycles. The molecule has 1 aromatic rings. The number of carboxylic acids is 1. The summed E-state index contributed by atoms with van der Waals surface area (Å²) in [4.78, 5) is 11.4. The fraction of sp³-hybridized carbons (Fsp3) is 0.500. The average molecular weight is 331 g/mol. The van der Waals surface area contributed by atoms with Crippen molar-refractivity contribution >= 4 is 27.8 Å². The van der Waals surface area contributed by atoms with Crippen molar-refractivity contribution < 1.29 is 18.3 Å². The van der Waals surface area contributed by atoms with Gasteiger partial charge in [-0.1, -0.05) is 17.7 Å². The van der Waals surface area contributed by atoms with Gasteiger partial charge in [-0.3, -0.25) is 4.79 Å². The van der Waals surface area contributed by atoms with Gasteiger partial charge in [-0.05, 0) is 50.3 Å². The highest BCUT2D eigenvalue weighted by atomic mass is 32.2. The summed E-state index contributed by atoms with van der Waals surface area (Å²) in [7, 11) is -3.85. The maximum absolute atomic E-state index is 12.5. The minimum Gasteiger partial charge on any atom is -0.480 e. The molecule has 1 aromatic carbocycles. The second kappa shape index (κ2) is 7.29. The van der Waals surface area contributed by atoms with E-state index in [2.05, 4.69) is 4.72 Å². The minimum absolute atomic E-state index is 0.170. The molecule has 1 rings (SSSR count). The molecule has 0 aliphatic carbocycles. The van der Waals surface area contributed by atoms with Gasteiger partial charge in [-0.25, -0.2) is 8.42 Å². The molecule has 0 aliphatic heterocycles. The molecule has 1 atom stereocenters. The Bertz CT molecular complexity index is 603. The molecule has 2 N–H and O–H groups in total. The van der Waals surface area contributed by atoms with Crippen molar-refractivity contribution in [3.8, 4) is 0 Å². The number of hydrogen-bond acceptors (Lipinski definition) is 4. The predicted molar refractivity (Wildman–Crippen MR) is 85.4 cm³/mol. The first-order chi connectivity index (χ1) is 9.69. The predicted octanol–water partition coefficient (Wildman–Crippen LogP) is 2.10. The van der Waals surface area contributed by atoms with E-state index < -0.39 is 22.0 Å². The highest BCUT2D eigenvalue weighted by Gasteiger charge is 2.27. The fourth-order valence-corrected chi connectivity index (χ4v) is 4.45. The third kappa shape index (κ3) is 4.72. The normalized spacial score (nSPS) is 13.1. The Morgan fingerprint density at radius 3 is 2.24 bits per heavy atom. The van der Waals surface area contributed by atoms with Crippen LogP contribution in [0.3, 0.4) is 0 Å². The zero-order valence-corrected chi connectivity index (χ0v) is 14.3. The number of benzene rings is 1. The van der Waals surface area contributed by atoms with Crippen LogP contribution in [0.1, 0.15) is 23.1 Å². The van der Waals surface area contributed by atoms with E-state index in [-0.39, 0.29) is 11.3 Å². The zero-order valence-electron chi connectivity index (χ0n) is 12.6. The molecule has 21 heavy (non-hydrogen) atoms. The van der Waals surface area contributed by atoms with Crippen LogP contribution in [0.2, 0.25) is 0 Å². The maximum atomic E-state index is 12.5. The quantitative estimate of drug-likeness (QED) is 0.799. The maximum Gasteiger partial charge on any atom is 0.321 e. The van der Waals surface area contributed by atoms with Gasteiger partial charge in [0.05, 0.1) is 4.90 Å². The molecule has 0 heterocycles. The molecule has 0 radical (unpaired) electrons. The van der Waals surface area contributed by atoms with Crippen LogP contribution in [0, 0.1) is 20.8 Å². The summed E-state index contributed by atoms with van der Waals surface area (Å²) >= 11 is 1.48. The van der Waals surface area contributed by atoms with Crippen LogP contribution in [0.15, 0.2) is 17.0 Å². The Morgan fingerprint density at radius 1 is 1.29 bits per heavy atom. The van der Waals surface area contributed by atoms with Crippen LogP contribution < -0.4 is 4.72 Å². The molecule has 0 bridgehead atoms.